The van der Waals surface area contributed by atoms with E-state index in [9.17, 15) is 4.79 Å². The standard InChI is InChI=1S/C14H24O/c1-10(15)8-14(2,3)9-13-7-11-4-5-12(13)6-11/h11-13H,4-9H2,1-3H3. The lowest BCUT2D eigenvalue weighted by molar-refractivity contribution is -0.119. The quantitative estimate of drug-likeness (QED) is 0.686. The summed E-state index contributed by atoms with van der Waals surface area (Å²) in [7, 11) is 0. The monoisotopic (exact) mass is 208 g/mol. The zero-order valence-electron chi connectivity index (χ0n) is 10.4. The molecular formula is C14H24O. The molecule has 2 aliphatic rings. The highest BCUT2D eigenvalue weighted by Crippen LogP contribution is 2.52. The van der Waals surface area contributed by atoms with Crippen molar-refractivity contribution in [2.75, 3.05) is 0 Å². The Bertz CT molecular complexity index is 254. The number of Topliss-reactive ketones (excluding diaryl/α,β-unsaturated/α-hetero) is 1. The normalized spacial score (nSPS) is 34.7. The molecule has 0 radical (unpaired) electrons. The number of ketones is 1. The van der Waals surface area contributed by atoms with Crippen LogP contribution >= 0.6 is 0 Å². The molecule has 0 amide bonds. The third-order valence-corrected chi connectivity index (χ3v) is 4.43. The fourth-order valence-corrected chi connectivity index (χ4v) is 4.08. The van der Waals surface area contributed by atoms with Crippen molar-refractivity contribution in [1.82, 2.24) is 0 Å². The summed E-state index contributed by atoms with van der Waals surface area (Å²) < 4.78 is 0. The number of rotatable bonds is 4. The van der Waals surface area contributed by atoms with Gasteiger partial charge in [0.05, 0.1) is 0 Å². The van der Waals surface area contributed by atoms with Crippen molar-refractivity contribution in [3.8, 4) is 0 Å². The van der Waals surface area contributed by atoms with E-state index in [-0.39, 0.29) is 5.41 Å². The van der Waals surface area contributed by atoms with Crippen LogP contribution in [-0.2, 0) is 4.79 Å². The van der Waals surface area contributed by atoms with Gasteiger partial charge in [-0.25, -0.2) is 0 Å². The summed E-state index contributed by atoms with van der Waals surface area (Å²) in [4.78, 5) is 11.2. The maximum Gasteiger partial charge on any atom is 0.130 e. The van der Waals surface area contributed by atoms with Crippen molar-refractivity contribution in [3.63, 3.8) is 0 Å². The average Bonchev–Trinajstić information content (AvgIpc) is 2.60. The van der Waals surface area contributed by atoms with Gasteiger partial charge in [0.2, 0.25) is 0 Å². The molecule has 0 heterocycles. The molecule has 86 valence electrons. The smallest absolute Gasteiger partial charge is 0.130 e. The first-order valence-corrected chi connectivity index (χ1v) is 6.46. The zero-order valence-corrected chi connectivity index (χ0v) is 10.4. The highest BCUT2D eigenvalue weighted by molar-refractivity contribution is 5.76. The summed E-state index contributed by atoms with van der Waals surface area (Å²) in [5.41, 5.74) is 0.237. The number of hydrogen-bond acceptors (Lipinski definition) is 1. The molecule has 0 aromatic carbocycles. The van der Waals surface area contributed by atoms with Crippen LogP contribution in [0.2, 0.25) is 0 Å². The van der Waals surface area contributed by atoms with Crippen molar-refractivity contribution >= 4 is 5.78 Å². The fourth-order valence-electron chi connectivity index (χ4n) is 4.08. The lowest BCUT2D eigenvalue weighted by atomic mass is 9.74. The Morgan fingerprint density at radius 3 is 2.47 bits per heavy atom. The minimum absolute atomic E-state index is 0.237. The minimum atomic E-state index is 0.237. The highest BCUT2D eigenvalue weighted by Gasteiger charge is 2.41. The Morgan fingerprint density at radius 1 is 1.27 bits per heavy atom. The van der Waals surface area contributed by atoms with Gasteiger partial charge in [-0.15, -0.1) is 0 Å². The topological polar surface area (TPSA) is 17.1 Å². The van der Waals surface area contributed by atoms with E-state index in [0.29, 0.717) is 5.78 Å². The van der Waals surface area contributed by atoms with Gasteiger partial charge in [-0.3, -0.25) is 0 Å². The predicted octanol–water partition coefficient (Wildman–Crippen LogP) is 3.82. The maximum atomic E-state index is 11.2. The molecule has 0 aromatic rings. The predicted molar refractivity (Wildman–Crippen MR) is 62.6 cm³/mol. The van der Waals surface area contributed by atoms with Gasteiger partial charge in [0.1, 0.15) is 5.78 Å². The van der Waals surface area contributed by atoms with Gasteiger partial charge < -0.3 is 4.79 Å². The third kappa shape index (κ3) is 2.62. The molecule has 3 unspecified atom stereocenters. The molecule has 0 spiro atoms. The first kappa shape index (κ1) is 11.2. The van der Waals surface area contributed by atoms with Crippen molar-refractivity contribution in [2.45, 2.75) is 59.3 Å². The molecule has 0 aliphatic heterocycles. The molecule has 2 rings (SSSR count). The molecule has 2 saturated carbocycles. The van der Waals surface area contributed by atoms with Crippen LogP contribution in [0.5, 0.6) is 0 Å². The summed E-state index contributed by atoms with van der Waals surface area (Å²) in [5, 5.41) is 0. The first-order valence-electron chi connectivity index (χ1n) is 6.46. The summed E-state index contributed by atoms with van der Waals surface area (Å²) in [6, 6.07) is 0. The molecule has 0 saturated heterocycles. The highest BCUT2D eigenvalue weighted by atomic mass is 16.1. The lowest BCUT2D eigenvalue weighted by Crippen LogP contribution is -2.23. The van der Waals surface area contributed by atoms with E-state index in [2.05, 4.69) is 13.8 Å². The van der Waals surface area contributed by atoms with Gasteiger partial charge >= 0.3 is 0 Å². The third-order valence-electron chi connectivity index (χ3n) is 4.43. The lowest BCUT2D eigenvalue weighted by Gasteiger charge is -2.31. The number of carbonyl (C=O) groups is 1. The molecule has 3 atom stereocenters. The second kappa shape index (κ2) is 3.92. The van der Waals surface area contributed by atoms with E-state index in [1.165, 1.54) is 32.1 Å². The van der Waals surface area contributed by atoms with Crippen LogP contribution in [0.3, 0.4) is 0 Å². The van der Waals surface area contributed by atoms with Crippen molar-refractivity contribution in [1.29, 1.82) is 0 Å². The van der Waals surface area contributed by atoms with E-state index in [1.54, 1.807) is 6.92 Å². The number of hydrogen-bond donors (Lipinski definition) is 0. The summed E-state index contributed by atoms with van der Waals surface area (Å²) >= 11 is 0. The maximum absolute atomic E-state index is 11.2. The fraction of sp³-hybridized carbons (Fsp3) is 0.929. The van der Waals surface area contributed by atoms with Gasteiger partial charge in [0, 0.05) is 6.42 Å². The zero-order chi connectivity index (χ0) is 11.1. The van der Waals surface area contributed by atoms with Crippen LogP contribution in [-0.4, -0.2) is 5.78 Å². The Balaban J connectivity index is 1.88. The van der Waals surface area contributed by atoms with E-state index < -0.39 is 0 Å². The molecule has 2 fully saturated rings. The molecular weight excluding hydrogens is 184 g/mol. The van der Waals surface area contributed by atoms with Crippen molar-refractivity contribution in [2.24, 2.45) is 23.2 Å². The van der Waals surface area contributed by atoms with Crippen LogP contribution in [0.1, 0.15) is 59.3 Å². The second-order valence-corrected chi connectivity index (χ2v) is 6.68. The van der Waals surface area contributed by atoms with Crippen molar-refractivity contribution in [3.05, 3.63) is 0 Å². The Labute approximate surface area is 93.6 Å². The first-order chi connectivity index (χ1) is 6.96. The molecule has 1 heteroatoms. The summed E-state index contributed by atoms with van der Waals surface area (Å²) in [6.07, 6.45) is 7.92. The largest absolute Gasteiger partial charge is 0.300 e. The van der Waals surface area contributed by atoms with E-state index >= 15 is 0 Å². The molecule has 0 N–H and O–H groups in total. The Morgan fingerprint density at radius 2 is 2.00 bits per heavy atom. The van der Waals surface area contributed by atoms with Gasteiger partial charge in [0.25, 0.3) is 0 Å². The van der Waals surface area contributed by atoms with E-state index in [1.807, 2.05) is 0 Å². The molecule has 2 aliphatic carbocycles. The molecule has 0 aromatic heterocycles. The van der Waals surface area contributed by atoms with Crippen LogP contribution in [0.4, 0.5) is 0 Å². The number of fused-ring (bicyclic) bond motifs is 2. The Hall–Kier alpha value is -0.330. The molecule has 1 nitrogen and oxygen atoms in total. The SMILES string of the molecule is CC(=O)CC(C)(C)CC1CC2CCC1C2. The summed E-state index contributed by atoms with van der Waals surface area (Å²) in [5.74, 6) is 3.32. The minimum Gasteiger partial charge on any atom is -0.300 e. The van der Waals surface area contributed by atoms with Crippen molar-refractivity contribution < 1.29 is 4.79 Å². The Kier molecular flexibility index (Phi) is 2.92. The average molecular weight is 208 g/mol. The molecule has 15 heavy (non-hydrogen) atoms. The van der Waals surface area contributed by atoms with Gasteiger partial charge in [-0.2, -0.15) is 0 Å². The van der Waals surface area contributed by atoms with E-state index in [4.69, 9.17) is 0 Å². The van der Waals surface area contributed by atoms with Crippen LogP contribution in [0, 0.1) is 23.2 Å². The van der Waals surface area contributed by atoms with Crippen LogP contribution in [0.15, 0.2) is 0 Å². The summed E-state index contributed by atoms with van der Waals surface area (Å²) in [6.45, 7) is 6.25. The second-order valence-electron chi connectivity index (χ2n) is 6.68. The van der Waals surface area contributed by atoms with Gasteiger partial charge in [-0.05, 0) is 55.8 Å². The van der Waals surface area contributed by atoms with E-state index in [0.717, 1.165) is 24.2 Å². The van der Waals surface area contributed by atoms with Gasteiger partial charge in [-0.1, -0.05) is 20.3 Å². The number of carbonyl (C=O) groups excluding carboxylic acids is 1. The van der Waals surface area contributed by atoms with Crippen LogP contribution < -0.4 is 0 Å². The van der Waals surface area contributed by atoms with Crippen LogP contribution in [0.25, 0.3) is 0 Å². The molecule has 2 bridgehead atoms. The van der Waals surface area contributed by atoms with Gasteiger partial charge in [0.15, 0.2) is 0 Å².